The van der Waals surface area contributed by atoms with E-state index in [0.29, 0.717) is 0 Å². The standard InChI is InChI=1S/C15H8/c1-2-11-12-7-3-5-9-14(12)15-10-6-4-8-13(11)15/h3-10H. The van der Waals surface area contributed by atoms with Crippen molar-refractivity contribution in [3.05, 3.63) is 60.5 Å². The fourth-order valence-corrected chi connectivity index (χ4v) is 2.15. The number of hydrogen-bond acceptors (Lipinski definition) is 0. The van der Waals surface area contributed by atoms with Crippen molar-refractivity contribution < 1.29 is 0 Å². The van der Waals surface area contributed by atoms with E-state index in [1.807, 2.05) is 36.4 Å². The topological polar surface area (TPSA) is 0 Å². The molecular formula is C15H8. The van der Waals surface area contributed by atoms with Gasteiger partial charge in [-0.1, -0.05) is 0 Å². The van der Waals surface area contributed by atoms with Crippen molar-refractivity contribution in [2.45, 2.75) is 0 Å². The second-order valence-electron chi connectivity index (χ2n) is 3.59. The summed E-state index contributed by atoms with van der Waals surface area (Å²) in [7, 11) is 0. The van der Waals surface area contributed by atoms with E-state index in [0.717, 1.165) is 16.3 Å². The second-order valence-corrected chi connectivity index (χ2v) is 3.59. The Bertz CT molecular complexity index is 625. The van der Waals surface area contributed by atoms with E-state index in [4.69, 9.17) is 6.42 Å². The summed E-state index contributed by atoms with van der Waals surface area (Å²) >= 11 is 0. The molecule has 0 amide bonds. The van der Waals surface area contributed by atoms with Crippen molar-refractivity contribution in [2.24, 2.45) is 0 Å². The van der Waals surface area contributed by atoms with Gasteiger partial charge in [-0.05, 0) is 0 Å². The zero-order valence-corrected chi connectivity index (χ0v) is 8.12. The molecule has 0 aliphatic carbocycles. The van der Waals surface area contributed by atoms with Crippen molar-refractivity contribution in [2.75, 3.05) is 0 Å². The minimum atomic E-state index is 0.904. The molecule has 0 N–H and O–H groups in total. The van der Waals surface area contributed by atoms with Crippen LogP contribution < -0.4 is 0 Å². The van der Waals surface area contributed by atoms with Gasteiger partial charge in [0.25, 0.3) is 0 Å². The minimum absolute atomic E-state index is 0.904. The predicted molar refractivity (Wildman–Crippen MR) is 63.3 cm³/mol. The van der Waals surface area contributed by atoms with Gasteiger partial charge in [0.1, 0.15) is 0 Å². The first-order valence-corrected chi connectivity index (χ1v) is 4.90. The van der Waals surface area contributed by atoms with Crippen LogP contribution in [0, 0.1) is 12.3 Å². The fraction of sp³-hybridized carbons (Fsp3) is 0. The summed E-state index contributed by atoms with van der Waals surface area (Å²) in [6, 6.07) is 16.4. The summed E-state index contributed by atoms with van der Waals surface area (Å²) < 4.78 is 0. The molecule has 3 aromatic carbocycles. The molecule has 0 saturated carbocycles. The molecule has 15 heavy (non-hydrogen) atoms. The Hall–Kier alpha value is -1.91. The van der Waals surface area contributed by atoms with Crippen LogP contribution in [0.25, 0.3) is 21.5 Å². The van der Waals surface area contributed by atoms with E-state index < -0.39 is 0 Å². The number of hydrogen-bond donors (Lipinski definition) is 0. The van der Waals surface area contributed by atoms with E-state index in [1.165, 1.54) is 10.8 Å². The van der Waals surface area contributed by atoms with Crippen molar-refractivity contribution >= 4 is 21.5 Å². The molecule has 0 heterocycles. The average molecular weight is 188 g/mol. The molecule has 3 aromatic rings. The van der Waals surface area contributed by atoms with Crippen molar-refractivity contribution in [3.63, 3.8) is 0 Å². The number of rotatable bonds is 0. The molecule has 0 spiro atoms. The predicted octanol–water partition coefficient (Wildman–Crippen LogP) is 3.65. The van der Waals surface area contributed by atoms with E-state index in [-0.39, 0.29) is 0 Å². The molecule has 0 bridgehead atoms. The van der Waals surface area contributed by atoms with Gasteiger partial charge in [-0.25, -0.2) is 0 Å². The van der Waals surface area contributed by atoms with Crippen LogP contribution in [0.3, 0.4) is 0 Å². The van der Waals surface area contributed by atoms with E-state index >= 15 is 0 Å². The molecule has 0 aliphatic rings. The molecule has 0 atom stereocenters. The molecular weight excluding hydrogens is 180 g/mol. The maximum atomic E-state index is 7.37. The van der Waals surface area contributed by atoms with Crippen LogP contribution >= 0.6 is 0 Å². The van der Waals surface area contributed by atoms with E-state index in [9.17, 15) is 0 Å². The van der Waals surface area contributed by atoms with Crippen molar-refractivity contribution in [1.82, 2.24) is 0 Å². The van der Waals surface area contributed by atoms with Gasteiger partial charge in [-0.15, -0.1) is 0 Å². The Morgan fingerprint density at radius 1 is 0.933 bits per heavy atom. The molecule has 68 valence electrons. The third kappa shape index (κ3) is 1.06. The molecule has 0 radical (unpaired) electrons. The molecule has 3 rings (SSSR count). The van der Waals surface area contributed by atoms with Crippen LogP contribution in [-0.4, -0.2) is 0 Å². The third-order valence-electron chi connectivity index (χ3n) is 2.81. The summed E-state index contributed by atoms with van der Waals surface area (Å²) in [5.41, 5.74) is 0.904. The first-order chi connectivity index (χ1) is 7.42. The quantitative estimate of drug-likeness (QED) is 0.373. The van der Waals surface area contributed by atoms with Gasteiger partial charge >= 0.3 is 88.0 Å². The molecule has 0 heteroatoms. The first-order valence-electron chi connectivity index (χ1n) is 4.90. The van der Waals surface area contributed by atoms with Crippen LogP contribution in [0.4, 0.5) is 0 Å². The van der Waals surface area contributed by atoms with Gasteiger partial charge in [-0.3, -0.25) is 0 Å². The van der Waals surface area contributed by atoms with Crippen LogP contribution in [0.1, 0.15) is 5.56 Å². The number of benzene rings is 2. The van der Waals surface area contributed by atoms with Gasteiger partial charge in [-0.2, -0.15) is 0 Å². The Labute approximate surface area is 88.5 Å². The molecule has 0 nitrogen and oxygen atoms in total. The molecule has 0 unspecified atom stereocenters. The Kier molecular flexibility index (Phi) is 1.71. The second kappa shape index (κ2) is 3.05. The summed E-state index contributed by atoms with van der Waals surface area (Å²) in [4.78, 5) is 0. The molecule has 0 saturated heterocycles. The van der Waals surface area contributed by atoms with Gasteiger partial charge in [0, 0.05) is 0 Å². The summed E-state index contributed by atoms with van der Waals surface area (Å²) in [6.45, 7) is 0. The van der Waals surface area contributed by atoms with Gasteiger partial charge in [0.2, 0.25) is 0 Å². The van der Waals surface area contributed by atoms with E-state index in [2.05, 4.69) is 18.1 Å². The van der Waals surface area contributed by atoms with Gasteiger partial charge in [0.05, 0.1) is 0 Å². The fourth-order valence-electron chi connectivity index (χ4n) is 2.15. The Morgan fingerprint density at radius 2 is 1.67 bits per heavy atom. The zero-order chi connectivity index (χ0) is 10.3. The number of fused-ring (bicyclic) bond motifs is 3. The van der Waals surface area contributed by atoms with Crippen LogP contribution in [0.2, 0.25) is 0 Å². The summed E-state index contributed by atoms with van der Waals surface area (Å²) in [5, 5.41) is 4.66. The van der Waals surface area contributed by atoms with Crippen LogP contribution in [0.5, 0.6) is 0 Å². The summed E-state index contributed by atoms with van der Waals surface area (Å²) in [5.74, 6) is 2.54. The third-order valence-corrected chi connectivity index (χ3v) is 2.81. The van der Waals surface area contributed by atoms with Crippen LogP contribution in [-0.2, 0) is 0 Å². The first kappa shape index (κ1) is 8.40. The average Bonchev–Trinajstić information content (AvgIpc) is 2.63. The molecule has 0 fully saturated rings. The van der Waals surface area contributed by atoms with Gasteiger partial charge < -0.3 is 0 Å². The van der Waals surface area contributed by atoms with Crippen LogP contribution in [0.15, 0.2) is 48.5 Å². The Morgan fingerprint density at radius 3 is 2.47 bits per heavy atom. The Balaban J connectivity index is 2.70. The van der Waals surface area contributed by atoms with Crippen molar-refractivity contribution in [3.8, 4) is 5.92 Å². The van der Waals surface area contributed by atoms with E-state index in [1.54, 1.807) is 0 Å². The summed E-state index contributed by atoms with van der Waals surface area (Å²) in [6.07, 6.45) is 7.37. The van der Waals surface area contributed by atoms with Crippen molar-refractivity contribution in [1.29, 1.82) is 0 Å². The zero-order valence-electron chi connectivity index (χ0n) is 8.12. The maximum absolute atomic E-state index is 7.37. The molecule has 0 aliphatic heterocycles. The SMILES string of the molecule is [C+]#Cc1c2ccccc2c2cccc[c-]12. The normalized spacial score (nSPS) is 10.8. The monoisotopic (exact) mass is 188 g/mol. The van der Waals surface area contributed by atoms with Gasteiger partial charge in [0.15, 0.2) is 0 Å². The molecule has 0 aromatic heterocycles.